The van der Waals surface area contributed by atoms with Crippen LogP contribution in [0.5, 0.6) is 5.75 Å². The van der Waals surface area contributed by atoms with Gasteiger partial charge in [-0.1, -0.05) is 6.07 Å². The summed E-state index contributed by atoms with van der Waals surface area (Å²) in [6.45, 7) is 3.38. The van der Waals surface area contributed by atoms with Crippen LogP contribution in [0, 0.1) is 6.92 Å². The number of carbonyl (C=O) groups is 2. The van der Waals surface area contributed by atoms with Gasteiger partial charge >= 0.3 is 5.97 Å². The van der Waals surface area contributed by atoms with Crippen LogP contribution in [0.15, 0.2) is 33.9 Å². The fourth-order valence-electron chi connectivity index (χ4n) is 3.93. The molecule has 0 aromatic carbocycles. The number of amides is 1. The number of fused-ring (bicyclic) bond motifs is 1. The topological polar surface area (TPSA) is 90.7 Å². The number of ether oxygens (including phenoxy) is 2. The van der Waals surface area contributed by atoms with Crippen molar-refractivity contribution in [1.29, 1.82) is 0 Å². The summed E-state index contributed by atoms with van der Waals surface area (Å²) in [4.78, 5) is 46.5. The van der Waals surface area contributed by atoms with E-state index in [2.05, 4.69) is 4.98 Å². The first-order valence-electron chi connectivity index (χ1n) is 10.6. The SMILES string of the molecule is COC(=O)c1c(OCCc2scnc2C)cc(=O)n2c1CCN(C(=O)Cc1cccs1)CC2. The van der Waals surface area contributed by atoms with Crippen LogP contribution in [0.25, 0.3) is 0 Å². The summed E-state index contributed by atoms with van der Waals surface area (Å²) in [6, 6.07) is 5.20. The lowest BCUT2D eigenvalue weighted by Gasteiger charge is -2.19. The van der Waals surface area contributed by atoms with E-state index in [-0.39, 0.29) is 22.8 Å². The molecule has 3 aromatic rings. The number of esters is 1. The molecule has 8 nitrogen and oxygen atoms in total. The van der Waals surface area contributed by atoms with E-state index in [1.165, 1.54) is 13.2 Å². The molecule has 4 heterocycles. The van der Waals surface area contributed by atoms with Crippen LogP contribution in [0.3, 0.4) is 0 Å². The Hall–Kier alpha value is -2.98. The van der Waals surface area contributed by atoms with Crippen LogP contribution >= 0.6 is 22.7 Å². The summed E-state index contributed by atoms with van der Waals surface area (Å²) in [5.41, 5.74) is 3.28. The highest BCUT2D eigenvalue weighted by Crippen LogP contribution is 2.25. The Morgan fingerprint density at radius 2 is 2.06 bits per heavy atom. The third-order valence-electron chi connectivity index (χ3n) is 5.67. The van der Waals surface area contributed by atoms with E-state index < -0.39 is 5.97 Å². The Morgan fingerprint density at radius 3 is 2.76 bits per heavy atom. The van der Waals surface area contributed by atoms with Crippen molar-refractivity contribution in [2.75, 3.05) is 26.8 Å². The zero-order valence-corrected chi connectivity index (χ0v) is 20.2. The fourth-order valence-corrected chi connectivity index (χ4v) is 5.39. The molecule has 0 bridgehead atoms. The molecule has 0 radical (unpaired) electrons. The van der Waals surface area contributed by atoms with Crippen LogP contribution < -0.4 is 10.3 Å². The lowest BCUT2D eigenvalue weighted by Crippen LogP contribution is -2.35. The maximum atomic E-state index is 12.9. The molecule has 0 N–H and O–H groups in total. The highest BCUT2D eigenvalue weighted by Gasteiger charge is 2.27. The normalized spacial score (nSPS) is 13.3. The first kappa shape index (κ1) is 23.2. The molecule has 33 heavy (non-hydrogen) atoms. The first-order chi connectivity index (χ1) is 16.0. The van der Waals surface area contributed by atoms with Gasteiger partial charge < -0.3 is 18.9 Å². The predicted octanol–water partition coefficient (Wildman–Crippen LogP) is 2.71. The number of thiophene rings is 1. The van der Waals surface area contributed by atoms with E-state index in [1.54, 1.807) is 37.7 Å². The molecule has 10 heteroatoms. The van der Waals surface area contributed by atoms with Crippen molar-refractivity contribution in [2.45, 2.75) is 32.7 Å². The molecule has 174 valence electrons. The molecule has 1 aliphatic heterocycles. The molecule has 4 rings (SSSR count). The minimum Gasteiger partial charge on any atom is -0.492 e. The molecule has 0 atom stereocenters. The van der Waals surface area contributed by atoms with Crippen LogP contribution in [0.4, 0.5) is 0 Å². The van der Waals surface area contributed by atoms with Gasteiger partial charge in [0, 0.05) is 54.0 Å². The summed E-state index contributed by atoms with van der Waals surface area (Å²) >= 11 is 3.09. The Balaban J connectivity index is 1.56. The summed E-state index contributed by atoms with van der Waals surface area (Å²) in [6.07, 6.45) is 1.32. The molecule has 0 fully saturated rings. The highest BCUT2D eigenvalue weighted by molar-refractivity contribution is 7.10. The van der Waals surface area contributed by atoms with Crippen molar-refractivity contribution >= 4 is 34.6 Å². The maximum absolute atomic E-state index is 12.9. The van der Waals surface area contributed by atoms with Gasteiger partial charge in [0.2, 0.25) is 5.91 Å². The van der Waals surface area contributed by atoms with Crippen molar-refractivity contribution < 1.29 is 19.1 Å². The van der Waals surface area contributed by atoms with Crippen LogP contribution in [-0.2, 0) is 35.3 Å². The van der Waals surface area contributed by atoms with Crippen molar-refractivity contribution in [1.82, 2.24) is 14.5 Å². The second-order valence-corrected chi connectivity index (χ2v) is 9.63. The lowest BCUT2D eigenvalue weighted by atomic mass is 10.1. The minimum absolute atomic E-state index is 0.00863. The number of pyridine rings is 1. The quantitative estimate of drug-likeness (QED) is 0.476. The fraction of sp³-hybridized carbons (Fsp3) is 0.391. The Kier molecular flexibility index (Phi) is 7.24. The smallest absolute Gasteiger partial charge is 0.343 e. The molecular formula is C23H25N3O5S2. The van der Waals surface area contributed by atoms with Gasteiger partial charge in [-0.25, -0.2) is 9.78 Å². The Morgan fingerprint density at radius 1 is 1.21 bits per heavy atom. The monoisotopic (exact) mass is 487 g/mol. The second kappa shape index (κ2) is 10.3. The number of rotatable bonds is 7. The van der Waals surface area contributed by atoms with Gasteiger partial charge in [-0.3, -0.25) is 9.59 Å². The largest absolute Gasteiger partial charge is 0.492 e. The molecule has 1 amide bonds. The summed E-state index contributed by atoms with van der Waals surface area (Å²) in [5, 5.41) is 1.95. The predicted molar refractivity (Wildman–Crippen MR) is 126 cm³/mol. The molecule has 0 unspecified atom stereocenters. The minimum atomic E-state index is -0.555. The molecule has 3 aromatic heterocycles. The van der Waals surface area contributed by atoms with E-state index in [4.69, 9.17) is 9.47 Å². The number of carbonyl (C=O) groups excluding carboxylic acids is 2. The number of nitrogens with zero attached hydrogens (tertiary/aromatic N) is 3. The van der Waals surface area contributed by atoms with Crippen molar-refractivity contribution in [3.05, 3.63) is 66.1 Å². The number of methoxy groups -OCH3 is 1. The summed E-state index contributed by atoms with van der Waals surface area (Å²) in [7, 11) is 1.31. The second-order valence-electron chi connectivity index (χ2n) is 7.66. The van der Waals surface area contributed by atoms with E-state index in [9.17, 15) is 14.4 Å². The van der Waals surface area contributed by atoms with E-state index in [1.807, 2.05) is 24.4 Å². The molecule has 0 spiro atoms. The highest BCUT2D eigenvalue weighted by atomic mass is 32.1. The standard InChI is InChI=1S/C23H25N3O5S2/c1-15-19(33-14-24-15)6-10-31-18-13-21(28)26-9-8-25(20(27)12-16-4-3-11-32-16)7-5-17(26)22(18)23(29)30-2/h3-4,11,13-14H,5-10,12H2,1-2H3. The van der Waals surface area contributed by atoms with Gasteiger partial charge in [-0.05, 0) is 18.4 Å². The molecule has 0 saturated heterocycles. The number of hydrogen-bond acceptors (Lipinski definition) is 8. The van der Waals surface area contributed by atoms with Gasteiger partial charge in [-0.2, -0.15) is 0 Å². The van der Waals surface area contributed by atoms with E-state index >= 15 is 0 Å². The van der Waals surface area contributed by atoms with Gasteiger partial charge in [0.1, 0.15) is 11.3 Å². The van der Waals surface area contributed by atoms with E-state index in [0.29, 0.717) is 51.2 Å². The van der Waals surface area contributed by atoms with Gasteiger partial charge in [-0.15, -0.1) is 22.7 Å². The van der Waals surface area contributed by atoms with E-state index in [0.717, 1.165) is 15.4 Å². The zero-order chi connectivity index (χ0) is 23.4. The molecule has 1 aliphatic rings. The number of thiazole rings is 1. The van der Waals surface area contributed by atoms with Crippen molar-refractivity contribution in [2.24, 2.45) is 0 Å². The number of aryl methyl sites for hydroxylation is 1. The van der Waals surface area contributed by atoms with Crippen molar-refractivity contribution in [3.8, 4) is 5.75 Å². The van der Waals surface area contributed by atoms with Crippen LogP contribution in [0.1, 0.15) is 31.5 Å². The third-order valence-corrected chi connectivity index (χ3v) is 7.54. The summed E-state index contributed by atoms with van der Waals surface area (Å²) < 4.78 is 12.5. The van der Waals surface area contributed by atoms with Gasteiger partial charge in [0.25, 0.3) is 5.56 Å². The third kappa shape index (κ3) is 5.17. The molecule has 0 saturated carbocycles. The molecule has 0 aliphatic carbocycles. The van der Waals surface area contributed by atoms with Crippen LogP contribution in [0.2, 0.25) is 0 Å². The number of hydrogen-bond donors (Lipinski definition) is 0. The van der Waals surface area contributed by atoms with Gasteiger partial charge in [0.05, 0.1) is 31.3 Å². The number of aromatic nitrogens is 2. The average Bonchev–Trinajstić information content (AvgIpc) is 3.40. The Bertz CT molecular complexity index is 1200. The average molecular weight is 488 g/mol. The summed E-state index contributed by atoms with van der Waals surface area (Å²) in [5.74, 6) is -0.325. The van der Waals surface area contributed by atoms with Crippen molar-refractivity contribution in [3.63, 3.8) is 0 Å². The maximum Gasteiger partial charge on any atom is 0.343 e. The van der Waals surface area contributed by atoms with Gasteiger partial charge in [0.15, 0.2) is 0 Å². The zero-order valence-electron chi connectivity index (χ0n) is 18.5. The van der Waals surface area contributed by atoms with Crippen LogP contribution in [-0.4, -0.2) is 53.1 Å². The lowest BCUT2D eigenvalue weighted by molar-refractivity contribution is -0.130. The first-order valence-corrected chi connectivity index (χ1v) is 12.4. The Labute approximate surface area is 199 Å². The molecular weight excluding hydrogens is 462 g/mol.